The van der Waals surface area contributed by atoms with E-state index in [-0.39, 0.29) is 23.7 Å². The second kappa shape index (κ2) is 6.39. The largest absolute Gasteiger partial charge is 0.354 e. The molecule has 2 amide bonds. The van der Waals surface area contributed by atoms with Gasteiger partial charge < -0.3 is 10.6 Å². The van der Waals surface area contributed by atoms with Crippen LogP contribution >= 0.6 is 11.3 Å². The first-order chi connectivity index (χ1) is 9.49. The van der Waals surface area contributed by atoms with Crippen LogP contribution in [0.25, 0.3) is 0 Å². The van der Waals surface area contributed by atoms with Crippen molar-refractivity contribution in [2.75, 3.05) is 13.1 Å². The van der Waals surface area contributed by atoms with Crippen LogP contribution in [0.2, 0.25) is 0 Å². The first kappa shape index (κ1) is 15.0. The molecule has 2 rings (SSSR count). The molecule has 0 radical (unpaired) electrons. The molecule has 1 aliphatic rings. The molecular weight excluding hydrogens is 272 g/mol. The van der Waals surface area contributed by atoms with Crippen molar-refractivity contribution in [3.63, 3.8) is 0 Å². The molecule has 20 heavy (non-hydrogen) atoms. The molecule has 1 fully saturated rings. The van der Waals surface area contributed by atoms with Crippen LogP contribution in [0.4, 0.5) is 0 Å². The Morgan fingerprint density at radius 1 is 1.30 bits per heavy atom. The number of thiophene rings is 1. The predicted molar refractivity (Wildman–Crippen MR) is 80.8 cm³/mol. The number of nitrogens with one attached hydrogen (secondary N) is 2. The van der Waals surface area contributed by atoms with Crippen LogP contribution in [-0.4, -0.2) is 24.9 Å². The van der Waals surface area contributed by atoms with E-state index in [1.807, 2.05) is 13.8 Å². The molecule has 1 saturated carbocycles. The SMILES string of the molecule is Cc1ccc([C@@H]2C[C@H]2C(=O)NCCNC(=O)C(C)C)s1. The summed E-state index contributed by atoms with van der Waals surface area (Å²) in [5.41, 5.74) is 0. The van der Waals surface area contributed by atoms with Crippen LogP contribution in [0.15, 0.2) is 12.1 Å². The fourth-order valence-corrected chi connectivity index (χ4v) is 3.21. The third-order valence-corrected chi connectivity index (χ3v) is 4.63. The summed E-state index contributed by atoms with van der Waals surface area (Å²) in [7, 11) is 0. The van der Waals surface area contributed by atoms with Gasteiger partial charge in [0.25, 0.3) is 0 Å². The highest BCUT2D eigenvalue weighted by Gasteiger charge is 2.44. The molecule has 0 bridgehead atoms. The smallest absolute Gasteiger partial charge is 0.223 e. The summed E-state index contributed by atoms with van der Waals surface area (Å²) in [5.74, 6) is 0.644. The van der Waals surface area contributed by atoms with Crippen molar-refractivity contribution in [1.82, 2.24) is 10.6 Å². The van der Waals surface area contributed by atoms with Crippen LogP contribution in [0.3, 0.4) is 0 Å². The van der Waals surface area contributed by atoms with Gasteiger partial charge >= 0.3 is 0 Å². The molecule has 1 aromatic rings. The molecular formula is C15H22N2O2S. The van der Waals surface area contributed by atoms with Crippen LogP contribution in [0.1, 0.15) is 35.9 Å². The average Bonchev–Trinajstić information content (AvgIpc) is 3.09. The standard InChI is InChI=1S/C15H22N2O2S/c1-9(2)14(18)16-6-7-17-15(19)12-8-11(12)13-5-4-10(3)20-13/h4-5,9,11-12H,6-8H2,1-3H3,(H,16,18)(H,17,19)/t11-,12-/m1/s1. The monoisotopic (exact) mass is 294 g/mol. The lowest BCUT2D eigenvalue weighted by Gasteiger charge is -2.08. The van der Waals surface area contributed by atoms with Crippen LogP contribution < -0.4 is 10.6 Å². The summed E-state index contributed by atoms with van der Waals surface area (Å²) in [6.07, 6.45) is 0.949. The first-order valence-electron chi connectivity index (χ1n) is 7.10. The normalized spacial score (nSPS) is 20.8. The van der Waals surface area contributed by atoms with Gasteiger partial charge in [-0.3, -0.25) is 9.59 Å². The maximum absolute atomic E-state index is 12.0. The van der Waals surface area contributed by atoms with E-state index in [1.54, 1.807) is 11.3 Å². The highest BCUT2D eigenvalue weighted by Crippen LogP contribution is 2.49. The number of hydrogen-bond donors (Lipinski definition) is 2. The Hall–Kier alpha value is -1.36. The minimum absolute atomic E-state index is 0.0133. The van der Waals surface area contributed by atoms with Crippen molar-refractivity contribution in [3.8, 4) is 0 Å². The lowest BCUT2D eigenvalue weighted by atomic mass is 10.2. The quantitative estimate of drug-likeness (QED) is 0.789. The van der Waals surface area contributed by atoms with Gasteiger partial charge in [0.1, 0.15) is 0 Å². The summed E-state index contributed by atoms with van der Waals surface area (Å²) in [6, 6.07) is 4.23. The van der Waals surface area contributed by atoms with E-state index in [0.717, 1.165) is 6.42 Å². The van der Waals surface area contributed by atoms with Gasteiger partial charge in [0, 0.05) is 40.6 Å². The molecule has 2 N–H and O–H groups in total. The zero-order valence-corrected chi connectivity index (χ0v) is 13.0. The minimum atomic E-state index is -0.0133. The molecule has 1 aromatic heterocycles. The van der Waals surface area contributed by atoms with Gasteiger partial charge in [0.05, 0.1) is 0 Å². The van der Waals surface area contributed by atoms with Gasteiger partial charge in [-0.15, -0.1) is 11.3 Å². The first-order valence-corrected chi connectivity index (χ1v) is 7.92. The molecule has 110 valence electrons. The Kier molecular flexibility index (Phi) is 4.81. The summed E-state index contributed by atoms with van der Waals surface area (Å²) in [5, 5.41) is 5.69. The van der Waals surface area contributed by atoms with Gasteiger partial charge in [0.15, 0.2) is 0 Å². The van der Waals surface area contributed by atoms with E-state index in [1.165, 1.54) is 9.75 Å². The molecule has 1 heterocycles. The Bertz CT molecular complexity index is 496. The fourth-order valence-electron chi connectivity index (χ4n) is 2.16. The topological polar surface area (TPSA) is 58.2 Å². The second-order valence-electron chi connectivity index (χ2n) is 5.63. The van der Waals surface area contributed by atoms with Crippen LogP contribution in [0.5, 0.6) is 0 Å². The number of carbonyl (C=O) groups excluding carboxylic acids is 2. The molecule has 0 unspecified atom stereocenters. The van der Waals surface area contributed by atoms with Gasteiger partial charge in [-0.2, -0.15) is 0 Å². The third kappa shape index (κ3) is 3.82. The van der Waals surface area contributed by atoms with Crippen molar-refractivity contribution in [3.05, 3.63) is 21.9 Å². The maximum atomic E-state index is 12.0. The van der Waals surface area contributed by atoms with Crippen molar-refractivity contribution in [2.24, 2.45) is 11.8 Å². The average molecular weight is 294 g/mol. The number of hydrogen-bond acceptors (Lipinski definition) is 3. The van der Waals surface area contributed by atoms with E-state index in [0.29, 0.717) is 19.0 Å². The van der Waals surface area contributed by atoms with E-state index in [9.17, 15) is 9.59 Å². The van der Waals surface area contributed by atoms with Crippen molar-refractivity contribution in [2.45, 2.75) is 33.1 Å². The lowest BCUT2D eigenvalue weighted by Crippen LogP contribution is -2.37. The third-order valence-electron chi connectivity index (χ3n) is 3.50. The molecule has 0 saturated heterocycles. The van der Waals surface area contributed by atoms with Gasteiger partial charge in [0.2, 0.25) is 11.8 Å². The molecule has 1 aliphatic carbocycles. The van der Waals surface area contributed by atoms with Crippen LogP contribution in [0, 0.1) is 18.8 Å². The maximum Gasteiger partial charge on any atom is 0.223 e. The zero-order chi connectivity index (χ0) is 14.7. The Balaban J connectivity index is 1.66. The molecule has 5 heteroatoms. The fraction of sp³-hybridized carbons (Fsp3) is 0.600. The summed E-state index contributed by atoms with van der Waals surface area (Å²) in [4.78, 5) is 25.9. The number of amides is 2. The van der Waals surface area contributed by atoms with Gasteiger partial charge in [-0.1, -0.05) is 13.8 Å². The second-order valence-corrected chi connectivity index (χ2v) is 6.95. The molecule has 2 atom stereocenters. The predicted octanol–water partition coefficient (Wildman–Crippen LogP) is 2.05. The summed E-state index contributed by atoms with van der Waals surface area (Å²) >= 11 is 1.78. The number of aryl methyl sites for hydroxylation is 1. The Labute approximate surface area is 124 Å². The van der Waals surface area contributed by atoms with Gasteiger partial charge in [-0.25, -0.2) is 0 Å². The minimum Gasteiger partial charge on any atom is -0.354 e. The van der Waals surface area contributed by atoms with Crippen molar-refractivity contribution < 1.29 is 9.59 Å². The van der Waals surface area contributed by atoms with Crippen molar-refractivity contribution >= 4 is 23.2 Å². The summed E-state index contributed by atoms with van der Waals surface area (Å²) in [6.45, 7) is 6.79. The van der Waals surface area contributed by atoms with Crippen LogP contribution in [-0.2, 0) is 9.59 Å². The highest BCUT2D eigenvalue weighted by atomic mass is 32.1. The molecule has 0 aromatic carbocycles. The number of rotatable bonds is 6. The van der Waals surface area contributed by atoms with E-state index in [4.69, 9.17) is 0 Å². The Morgan fingerprint density at radius 3 is 2.60 bits per heavy atom. The highest BCUT2D eigenvalue weighted by molar-refractivity contribution is 7.12. The van der Waals surface area contributed by atoms with Gasteiger partial charge in [-0.05, 0) is 25.5 Å². The molecule has 0 spiro atoms. The Morgan fingerprint density at radius 2 is 2.00 bits per heavy atom. The van der Waals surface area contributed by atoms with Crippen molar-refractivity contribution in [1.29, 1.82) is 0 Å². The number of carbonyl (C=O) groups is 2. The lowest BCUT2D eigenvalue weighted by molar-refractivity contribution is -0.125. The summed E-state index contributed by atoms with van der Waals surface area (Å²) < 4.78 is 0. The van der Waals surface area contributed by atoms with E-state index < -0.39 is 0 Å². The van der Waals surface area contributed by atoms with E-state index in [2.05, 4.69) is 29.7 Å². The molecule has 4 nitrogen and oxygen atoms in total. The zero-order valence-electron chi connectivity index (χ0n) is 12.2. The molecule has 0 aliphatic heterocycles. The van der Waals surface area contributed by atoms with E-state index >= 15 is 0 Å².